The van der Waals surface area contributed by atoms with Gasteiger partial charge in [0.1, 0.15) is 11.5 Å². The second-order valence-electron chi connectivity index (χ2n) is 3.97. The van der Waals surface area contributed by atoms with E-state index in [0.29, 0.717) is 17.2 Å². The van der Waals surface area contributed by atoms with Gasteiger partial charge in [-0.2, -0.15) is 0 Å². The molecule has 0 aliphatic heterocycles. The molecule has 1 heterocycles. The molecule has 0 aliphatic rings. The maximum absolute atomic E-state index is 11.6. The van der Waals surface area contributed by atoms with Crippen LogP contribution in [0.2, 0.25) is 0 Å². The molecule has 20 heavy (non-hydrogen) atoms. The predicted octanol–water partition coefficient (Wildman–Crippen LogP) is 2.55. The monoisotopic (exact) mass is 273 g/mol. The van der Waals surface area contributed by atoms with Crippen molar-refractivity contribution in [2.75, 3.05) is 21.3 Å². The van der Waals surface area contributed by atoms with Gasteiger partial charge in [0, 0.05) is 17.7 Å². The first kappa shape index (κ1) is 13.9. The lowest BCUT2D eigenvalue weighted by Crippen LogP contribution is -2.05. The molecule has 0 atom stereocenters. The molecule has 5 heteroatoms. The minimum Gasteiger partial charge on any atom is -0.497 e. The Kier molecular flexibility index (Phi) is 4.20. The van der Waals surface area contributed by atoms with Crippen LogP contribution < -0.4 is 9.47 Å². The van der Waals surface area contributed by atoms with Crippen LogP contribution in [0.4, 0.5) is 0 Å². The molecule has 0 bridgehead atoms. The van der Waals surface area contributed by atoms with Crippen molar-refractivity contribution in [1.29, 1.82) is 0 Å². The zero-order valence-corrected chi connectivity index (χ0v) is 11.5. The topological polar surface area (TPSA) is 57.7 Å². The van der Waals surface area contributed by atoms with E-state index in [0.717, 1.165) is 5.56 Å². The third-order valence-corrected chi connectivity index (χ3v) is 2.81. The summed E-state index contributed by atoms with van der Waals surface area (Å²) in [7, 11) is 4.43. The first-order valence-corrected chi connectivity index (χ1v) is 5.97. The van der Waals surface area contributed by atoms with Crippen LogP contribution in [0.25, 0.3) is 11.3 Å². The van der Waals surface area contributed by atoms with Crippen molar-refractivity contribution in [2.24, 2.45) is 0 Å². The summed E-state index contributed by atoms with van der Waals surface area (Å²) in [5.74, 6) is 0.686. The first-order chi connectivity index (χ1) is 9.69. The van der Waals surface area contributed by atoms with Gasteiger partial charge in [0.15, 0.2) is 5.69 Å². The van der Waals surface area contributed by atoms with E-state index < -0.39 is 5.97 Å². The third-order valence-electron chi connectivity index (χ3n) is 2.81. The number of carbonyl (C=O) groups is 1. The van der Waals surface area contributed by atoms with E-state index in [4.69, 9.17) is 14.2 Å². The fourth-order valence-corrected chi connectivity index (χ4v) is 1.83. The minimum atomic E-state index is -0.514. The summed E-state index contributed by atoms with van der Waals surface area (Å²) < 4.78 is 15.2. The number of hydrogen-bond donors (Lipinski definition) is 0. The van der Waals surface area contributed by atoms with E-state index in [1.807, 2.05) is 24.3 Å². The lowest BCUT2D eigenvalue weighted by molar-refractivity contribution is 0.0593. The molecule has 0 saturated carbocycles. The van der Waals surface area contributed by atoms with Crippen molar-refractivity contribution >= 4 is 5.97 Å². The molecule has 2 rings (SSSR count). The highest BCUT2D eigenvalue weighted by atomic mass is 16.5. The molecule has 0 unspecified atom stereocenters. The molecule has 1 aromatic carbocycles. The van der Waals surface area contributed by atoms with Gasteiger partial charge in [-0.1, -0.05) is 12.1 Å². The highest BCUT2D eigenvalue weighted by Gasteiger charge is 2.14. The van der Waals surface area contributed by atoms with Crippen LogP contribution in [0, 0.1) is 0 Å². The molecule has 104 valence electrons. The maximum atomic E-state index is 11.6. The van der Waals surface area contributed by atoms with Crippen LogP contribution >= 0.6 is 0 Å². The van der Waals surface area contributed by atoms with E-state index in [1.54, 1.807) is 13.2 Å². The number of benzene rings is 1. The van der Waals surface area contributed by atoms with Gasteiger partial charge >= 0.3 is 5.97 Å². The van der Waals surface area contributed by atoms with Crippen molar-refractivity contribution in [3.8, 4) is 22.8 Å². The van der Waals surface area contributed by atoms with Crippen molar-refractivity contribution in [3.05, 3.63) is 42.1 Å². The number of rotatable bonds is 4. The maximum Gasteiger partial charge on any atom is 0.356 e. The summed E-state index contributed by atoms with van der Waals surface area (Å²) in [5.41, 5.74) is 1.55. The molecule has 0 saturated heterocycles. The van der Waals surface area contributed by atoms with Crippen LogP contribution in [-0.2, 0) is 4.74 Å². The predicted molar refractivity (Wildman–Crippen MR) is 74.1 cm³/mol. The van der Waals surface area contributed by atoms with E-state index in [-0.39, 0.29) is 5.69 Å². The van der Waals surface area contributed by atoms with E-state index in [1.165, 1.54) is 20.3 Å². The first-order valence-electron chi connectivity index (χ1n) is 5.97. The standard InChI is InChI=1S/C15H15NO4/c1-18-10-8-12(16-13(9-10)15(17)20-3)11-6-4-5-7-14(11)19-2/h4-9H,1-3H3. The van der Waals surface area contributed by atoms with Crippen molar-refractivity contribution in [3.63, 3.8) is 0 Å². The molecule has 0 N–H and O–H groups in total. The summed E-state index contributed by atoms with van der Waals surface area (Å²) in [6.45, 7) is 0. The Hall–Kier alpha value is -2.56. The zero-order valence-electron chi connectivity index (χ0n) is 11.5. The van der Waals surface area contributed by atoms with E-state index in [9.17, 15) is 4.79 Å². The SMILES string of the molecule is COC(=O)c1cc(OC)cc(-c2ccccc2OC)n1. The van der Waals surface area contributed by atoms with Crippen LogP contribution in [0.1, 0.15) is 10.5 Å². The van der Waals surface area contributed by atoms with Crippen LogP contribution in [0.5, 0.6) is 11.5 Å². The lowest BCUT2D eigenvalue weighted by atomic mass is 10.1. The number of nitrogens with zero attached hydrogens (tertiary/aromatic N) is 1. The number of aromatic nitrogens is 1. The van der Waals surface area contributed by atoms with Gasteiger partial charge in [-0.15, -0.1) is 0 Å². The molecule has 0 fully saturated rings. The van der Waals surface area contributed by atoms with Crippen molar-refractivity contribution in [1.82, 2.24) is 4.98 Å². The average molecular weight is 273 g/mol. The second-order valence-corrected chi connectivity index (χ2v) is 3.97. The summed E-state index contributed by atoms with van der Waals surface area (Å²) in [5, 5.41) is 0. The normalized spacial score (nSPS) is 9.95. The molecule has 2 aromatic rings. The number of methoxy groups -OCH3 is 3. The minimum absolute atomic E-state index is 0.188. The van der Waals surface area contributed by atoms with E-state index in [2.05, 4.69) is 4.98 Å². The van der Waals surface area contributed by atoms with Gasteiger partial charge in [-0.3, -0.25) is 0 Å². The zero-order chi connectivity index (χ0) is 14.5. The smallest absolute Gasteiger partial charge is 0.356 e. The molecule has 0 amide bonds. The number of pyridine rings is 1. The second kappa shape index (κ2) is 6.06. The fourth-order valence-electron chi connectivity index (χ4n) is 1.83. The quantitative estimate of drug-likeness (QED) is 0.801. The number of hydrogen-bond acceptors (Lipinski definition) is 5. The van der Waals surface area contributed by atoms with Gasteiger partial charge in [-0.25, -0.2) is 9.78 Å². The highest BCUT2D eigenvalue weighted by molar-refractivity contribution is 5.88. The number of para-hydroxylation sites is 1. The van der Waals surface area contributed by atoms with Gasteiger partial charge in [-0.05, 0) is 12.1 Å². The number of carbonyl (C=O) groups excluding carboxylic acids is 1. The fraction of sp³-hybridized carbons (Fsp3) is 0.200. The Bertz CT molecular complexity index is 625. The number of esters is 1. The van der Waals surface area contributed by atoms with Gasteiger partial charge in [0.2, 0.25) is 0 Å². The molecule has 0 spiro atoms. The third kappa shape index (κ3) is 2.71. The van der Waals surface area contributed by atoms with Crippen LogP contribution in [-0.4, -0.2) is 32.3 Å². The Morgan fingerprint density at radius 3 is 2.45 bits per heavy atom. The van der Waals surface area contributed by atoms with Crippen LogP contribution in [0.3, 0.4) is 0 Å². The van der Waals surface area contributed by atoms with Gasteiger partial charge < -0.3 is 14.2 Å². The number of ether oxygens (including phenoxy) is 3. The molecule has 5 nitrogen and oxygen atoms in total. The molecule has 0 radical (unpaired) electrons. The Morgan fingerprint density at radius 2 is 1.80 bits per heavy atom. The summed E-state index contributed by atoms with van der Waals surface area (Å²) >= 11 is 0. The Labute approximate surface area is 117 Å². The van der Waals surface area contributed by atoms with Gasteiger partial charge in [0.25, 0.3) is 0 Å². The Morgan fingerprint density at radius 1 is 1.05 bits per heavy atom. The Balaban J connectivity index is 2.58. The molecular formula is C15H15NO4. The molecule has 0 aliphatic carbocycles. The van der Waals surface area contributed by atoms with Gasteiger partial charge in [0.05, 0.1) is 27.0 Å². The highest BCUT2D eigenvalue weighted by Crippen LogP contribution is 2.30. The molecular weight excluding hydrogens is 258 g/mol. The summed E-state index contributed by atoms with van der Waals surface area (Å²) in [4.78, 5) is 15.9. The van der Waals surface area contributed by atoms with Crippen molar-refractivity contribution < 1.29 is 19.0 Å². The summed E-state index contributed by atoms with van der Waals surface area (Å²) in [6.07, 6.45) is 0. The summed E-state index contributed by atoms with van der Waals surface area (Å²) in [6, 6.07) is 10.7. The van der Waals surface area contributed by atoms with E-state index >= 15 is 0 Å². The lowest BCUT2D eigenvalue weighted by Gasteiger charge is -2.10. The van der Waals surface area contributed by atoms with Crippen molar-refractivity contribution in [2.45, 2.75) is 0 Å². The average Bonchev–Trinajstić information content (AvgIpc) is 2.53. The van der Waals surface area contributed by atoms with Crippen LogP contribution in [0.15, 0.2) is 36.4 Å². The molecule has 1 aromatic heterocycles. The largest absolute Gasteiger partial charge is 0.497 e.